The van der Waals surface area contributed by atoms with E-state index in [2.05, 4.69) is 9.47 Å². The lowest BCUT2D eigenvalue weighted by Gasteiger charge is -2.01. The van der Waals surface area contributed by atoms with Crippen molar-refractivity contribution in [1.29, 1.82) is 0 Å². The summed E-state index contributed by atoms with van der Waals surface area (Å²) in [4.78, 5) is 32.7. The largest absolute Gasteiger partial charge is 0.512 e. The number of carbonyl (C=O) groups excluding carboxylic acids is 3. The van der Waals surface area contributed by atoms with E-state index in [1.165, 1.54) is 0 Å². The van der Waals surface area contributed by atoms with Crippen molar-refractivity contribution >= 4 is 17.7 Å². The van der Waals surface area contributed by atoms with Crippen molar-refractivity contribution in [1.82, 2.24) is 0 Å². The van der Waals surface area contributed by atoms with Gasteiger partial charge in [-0.15, -0.1) is 0 Å². The van der Waals surface area contributed by atoms with Gasteiger partial charge >= 0.3 is 11.9 Å². The van der Waals surface area contributed by atoms with E-state index in [0.29, 0.717) is 0 Å². The molecule has 0 aliphatic rings. The number of esters is 2. The summed E-state index contributed by atoms with van der Waals surface area (Å²) in [6, 6.07) is 0. The van der Waals surface area contributed by atoms with E-state index in [1.54, 1.807) is 6.92 Å². The monoisotopic (exact) mass is 230 g/mol. The fourth-order valence-corrected chi connectivity index (χ4v) is 0.884. The molecule has 0 amide bonds. The van der Waals surface area contributed by atoms with E-state index in [1.807, 2.05) is 0 Å². The number of methoxy groups -OCH3 is 1. The van der Waals surface area contributed by atoms with Gasteiger partial charge in [0.2, 0.25) is 0 Å². The van der Waals surface area contributed by atoms with E-state index in [-0.39, 0.29) is 6.61 Å². The molecule has 1 N–H and O–H groups in total. The van der Waals surface area contributed by atoms with Crippen LogP contribution in [-0.4, -0.2) is 36.5 Å². The first kappa shape index (κ1) is 14.2. The molecule has 16 heavy (non-hydrogen) atoms. The number of hydrogen-bond acceptors (Lipinski definition) is 6. The van der Waals surface area contributed by atoms with Crippen LogP contribution in [0, 0.1) is 0 Å². The molecule has 0 aromatic rings. The van der Waals surface area contributed by atoms with Gasteiger partial charge in [-0.3, -0.25) is 9.59 Å². The maximum Gasteiger partial charge on any atom is 0.333 e. The average Bonchev–Trinajstić information content (AvgIpc) is 2.16. The van der Waals surface area contributed by atoms with Crippen LogP contribution in [-0.2, 0) is 23.9 Å². The summed E-state index contributed by atoms with van der Waals surface area (Å²) < 4.78 is 8.79. The first-order chi connectivity index (χ1) is 7.49. The summed E-state index contributed by atoms with van der Waals surface area (Å²) in [5.41, 5.74) is 0. The van der Waals surface area contributed by atoms with Gasteiger partial charge in [-0.05, 0) is 6.92 Å². The molecule has 0 unspecified atom stereocenters. The molecule has 0 radical (unpaired) electrons. The van der Waals surface area contributed by atoms with Crippen LogP contribution in [0.4, 0.5) is 0 Å². The third-order valence-electron chi connectivity index (χ3n) is 1.51. The molecule has 0 atom stereocenters. The zero-order chi connectivity index (χ0) is 12.6. The molecule has 0 aromatic heterocycles. The van der Waals surface area contributed by atoms with Crippen molar-refractivity contribution in [3.05, 3.63) is 11.8 Å². The molecule has 0 rings (SSSR count). The molecule has 0 aliphatic heterocycles. The second-order valence-corrected chi connectivity index (χ2v) is 2.86. The number of ketones is 1. The highest BCUT2D eigenvalue weighted by Crippen LogP contribution is 2.02. The minimum Gasteiger partial charge on any atom is -0.512 e. The lowest BCUT2D eigenvalue weighted by atomic mass is 10.2. The van der Waals surface area contributed by atoms with Crippen LogP contribution in [0.15, 0.2) is 11.8 Å². The van der Waals surface area contributed by atoms with Crippen LogP contribution in [0.2, 0.25) is 0 Å². The minimum atomic E-state index is -0.763. The maximum atomic E-state index is 11.2. The number of carbonyl (C=O) groups is 3. The Morgan fingerprint density at radius 2 is 1.88 bits per heavy atom. The predicted molar refractivity (Wildman–Crippen MR) is 53.6 cm³/mol. The van der Waals surface area contributed by atoms with Crippen molar-refractivity contribution in [3.8, 4) is 0 Å². The minimum absolute atomic E-state index is 0.191. The van der Waals surface area contributed by atoms with Crippen molar-refractivity contribution < 1.29 is 29.0 Å². The fourth-order valence-electron chi connectivity index (χ4n) is 0.884. The Kier molecular flexibility index (Phi) is 6.58. The Bertz CT molecular complexity index is 304. The first-order valence-corrected chi connectivity index (χ1v) is 4.64. The van der Waals surface area contributed by atoms with Gasteiger partial charge in [0.1, 0.15) is 12.2 Å². The lowest BCUT2D eigenvalue weighted by molar-refractivity contribution is -0.145. The Morgan fingerprint density at radius 3 is 2.38 bits per heavy atom. The normalized spacial score (nSPS) is 10.8. The van der Waals surface area contributed by atoms with Crippen LogP contribution in [0.25, 0.3) is 0 Å². The van der Waals surface area contributed by atoms with Crippen LogP contribution < -0.4 is 0 Å². The van der Waals surface area contributed by atoms with E-state index in [9.17, 15) is 14.4 Å². The number of allylic oxidation sites excluding steroid dienone is 1. The summed E-state index contributed by atoms with van der Waals surface area (Å²) in [5, 5.41) is 9.15. The molecule has 0 aromatic carbocycles. The Balaban J connectivity index is 4.10. The van der Waals surface area contributed by atoms with E-state index < -0.39 is 36.3 Å². The molecule has 0 saturated heterocycles. The molecule has 0 bridgehead atoms. The van der Waals surface area contributed by atoms with E-state index >= 15 is 0 Å². The standard InChI is InChI=1S/C10H14O6/c1-3-16-10(14)6-8(12)4-7(11)5-9(13)15-2/h5,11H,3-4,6H2,1-2H3/b7-5-. The highest BCUT2D eigenvalue weighted by molar-refractivity contribution is 5.96. The third kappa shape index (κ3) is 6.58. The average molecular weight is 230 g/mol. The Labute approximate surface area is 92.8 Å². The van der Waals surface area contributed by atoms with Crippen LogP contribution >= 0.6 is 0 Å². The Hall–Kier alpha value is -1.85. The molecule has 6 heteroatoms. The topological polar surface area (TPSA) is 89.9 Å². The Morgan fingerprint density at radius 1 is 1.25 bits per heavy atom. The number of Topliss-reactive ketones (excluding diaryl/α,β-unsaturated/α-hetero) is 1. The van der Waals surface area contributed by atoms with Crippen LogP contribution in [0.5, 0.6) is 0 Å². The van der Waals surface area contributed by atoms with E-state index in [0.717, 1.165) is 13.2 Å². The van der Waals surface area contributed by atoms with Gasteiger partial charge in [0.25, 0.3) is 0 Å². The van der Waals surface area contributed by atoms with Crippen molar-refractivity contribution in [2.45, 2.75) is 19.8 Å². The predicted octanol–water partition coefficient (Wildman–Crippen LogP) is 0.514. The van der Waals surface area contributed by atoms with Crippen LogP contribution in [0.3, 0.4) is 0 Å². The number of rotatable bonds is 6. The number of aliphatic hydroxyl groups excluding tert-OH is 1. The highest BCUT2D eigenvalue weighted by atomic mass is 16.5. The fraction of sp³-hybridized carbons (Fsp3) is 0.500. The van der Waals surface area contributed by atoms with Gasteiger partial charge in [0.05, 0.1) is 26.2 Å². The van der Waals surface area contributed by atoms with Crippen molar-refractivity contribution in [2.24, 2.45) is 0 Å². The molecule has 0 heterocycles. The molecular weight excluding hydrogens is 216 g/mol. The maximum absolute atomic E-state index is 11.2. The zero-order valence-corrected chi connectivity index (χ0v) is 9.19. The number of aliphatic hydroxyl groups is 1. The summed E-state index contributed by atoms with van der Waals surface area (Å²) >= 11 is 0. The second-order valence-electron chi connectivity index (χ2n) is 2.86. The summed E-state index contributed by atoms with van der Waals surface area (Å²) in [7, 11) is 1.15. The van der Waals surface area contributed by atoms with Gasteiger partial charge < -0.3 is 14.6 Å². The van der Waals surface area contributed by atoms with Gasteiger partial charge in [-0.25, -0.2) is 4.79 Å². The van der Waals surface area contributed by atoms with Crippen molar-refractivity contribution in [3.63, 3.8) is 0 Å². The molecule has 6 nitrogen and oxygen atoms in total. The van der Waals surface area contributed by atoms with Gasteiger partial charge in [-0.2, -0.15) is 0 Å². The molecule has 0 fully saturated rings. The SMILES string of the molecule is CCOC(=O)CC(=O)C/C(O)=C/C(=O)OC. The van der Waals surface area contributed by atoms with Gasteiger partial charge in [0, 0.05) is 0 Å². The van der Waals surface area contributed by atoms with Crippen LogP contribution in [0.1, 0.15) is 19.8 Å². The summed E-state index contributed by atoms with van der Waals surface area (Å²) in [6.07, 6.45) is -0.0378. The zero-order valence-electron chi connectivity index (χ0n) is 9.19. The first-order valence-electron chi connectivity index (χ1n) is 4.64. The quantitative estimate of drug-likeness (QED) is 0.309. The summed E-state index contributed by atoms with van der Waals surface area (Å²) in [6.45, 7) is 1.81. The highest BCUT2D eigenvalue weighted by Gasteiger charge is 2.12. The second kappa shape index (κ2) is 7.44. The van der Waals surface area contributed by atoms with Crippen molar-refractivity contribution in [2.75, 3.05) is 13.7 Å². The lowest BCUT2D eigenvalue weighted by Crippen LogP contribution is -2.12. The third-order valence-corrected chi connectivity index (χ3v) is 1.51. The smallest absolute Gasteiger partial charge is 0.333 e. The molecule has 0 saturated carbocycles. The molecule has 90 valence electrons. The van der Waals surface area contributed by atoms with Gasteiger partial charge in [0.15, 0.2) is 5.78 Å². The molecule has 0 aliphatic carbocycles. The number of ether oxygens (including phenoxy) is 2. The van der Waals surface area contributed by atoms with Gasteiger partial charge in [-0.1, -0.05) is 0 Å². The summed E-state index contributed by atoms with van der Waals surface area (Å²) in [5.74, 6) is -2.39. The van der Waals surface area contributed by atoms with E-state index in [4.69, 9.17) is 5.11 Å². The molecule has 0 spiro atoms. The number of hydrogen-bond donors (Lipinski definition) is 1. The molecular formula is C10H14O6.